The second-order valence-corrected chi connectivity index (χ2v) is 8.43. The van der Waals surface area contributed by atoms with E-state index in [9.17, 15) is 14.0 Å². The van der Waals surface area contributed by atoms with Gasteiger partial charge in [-0.05, 0) is 60.9 Å². The van der Waals surface area contributed by atoms with Gasteiger partial charge in [0.05, 0.1) is 14.2 Å². The first-order valence-corrected chi connectivity index (χ1v) is 12.2. The van der Waals surface area contributed by atoms with Crippen molar-refractivity contribution in [3.05, 3.63) is 59.7 Å². The van der Waals surface area contributed by atoms with Gasteiger partial charge in [-0.3, -0.25) is 9.59 Å². The molecule has 0 aliphatic heterocycles. The number of carbonyl (C=O) groups is 2. The lowest BCUT2D eigenvalue weighted by Gasteiger charge is -2.15. The summed E-state index contributed by atoms with van der Waals surface area (Å²) in [4.78, 5) is 29.4. The van der Waals surface area contributed by atoms with E-state index in [-0.39, 0.29) is 36.5 Å². The maximum atomic E-state index is 13.2. The molecule has 2 aromatic carbocycles. The van der Waals surface area contributed by atoms with Crippen molar-refractivity contribution in [3.8, 4) is 22.9 Å². The van der Waals surface area contributed by atoms with Gasteiger partial charge >= 0.3 is 0 Å². The number of carbonyl (C=O) groups excluding carboxylic acids is 2. The van der Waals surface area contributed by atoms with Crippen LogP contribution in [0.2, 0.25) is 0 Å². The Hall–Kier alpha value is -3.60. The number of methoxy groups -OCH3 is 2. The summed E-state index contributed by atoms with van der Waals surface area (Å²) in [7, 11) is 3.00. The topological polar surface area (TPSA) is 116 Å². The van der Waals surface area contributed by atoms with E-state index in [1.165, 1.54) is 26.4 Å². The van der Waals surface area contributed by atoms with Gasteiger partial charge in [-0.25, -0.2) is 4.39 Å². The number of benzene rings is 2. The maximum Gasteiger partial charge on any atom is 0.251 e. The third-order valence-corrected chi connectivity index (χ3v) is 5.72. The number of thioether (sulfide) groups is 1. The van der Waals surface area contributed by atoms with E-state index in [2.05, 4.69) is 20.8 Å². The molecule has 35 heavy (non-hydrogen) atoms. The number of amides is 2. The summed E-state index contributed by atoms with van der Waals surface area (Å²) < 4.78 is 28.9. The van der Waals surface area contributed by atoms with Crippen LogP contribution < -0.4 is 20.1 Å². The number of halogens is 1. The molecule has 0 saturated carbocycles. The predicted octanol–water partition coefficient (Wildman–Crippen LogP) is 3.62. The Morgan fingerprint density at radius 2 is 1.86 bits per heavy atom. The van der Waals surface area contributed by atoms with Crippen molar-refractivity contribution in [2.45, 2.75) is 18.9 Å². The quantitative estimate of drug-likeness (QED) is 0.386. The average Bonchev–Trinajstić information content (AvgIpc) is 3.36. The highest BCUT2D eigenvalue weighted by molar-refractivity contribution is 7.98. The lowest BCUT2D eigenvalue weighted by atomic mass is 10.2. The van der Waals surface area contributed by atoms with Crippen LogP contribution in [0.15, 0.2) is 47.0 Å². The second kappa shape index (κ2) is 12.7. The van der Waals surface area contributed by atoms with E-state index in [1.54, 1.807) is 42.1 Å². The number of aromatic nitrogens is 2. The van der Waals surface area contributed by atoms with E-state index in [4.69, 9.17) is 14.0 Å². The minimum absolute atomic E-state index is 0.0632. The molecule has 0 aliphatic carbocycles. The Bertz CT molecular complexity index is 1140. The molecule has 9 nitrogen and oxygen atoms in total. The van der Waals surface area contributed by atoms with Gasteiger partial charge in [-0.2, -0.15) is 16.7 Å². The molecule has 1 atom stereocenters. The first-order chi connectivity index (χ1) is 16.9. The third-order valence-electron chi connectivity index (χ3n) is 5.07. The zero-order valence-electron chi connectivity index (χ0n) is 19.7. The normalized spacial score (nSPS) is 11.5. The van der Waals surface area contributed by atoms with Crippen LogP contribution in [0.4, 0.5) is 4.39 Å². The van der Waals surface area contributed by atoms with E-state index in [0.717, 1.165) is 5.75 Å². The minimum atomic E-state index is -0.488. The summed E-state index contributed by atoms with van der Waals surface area (Å²) >= 11 is 1.62. The molecule has 0 fully saturated rings. The van der Waals surface area contributed by atoms with Crippen molar-refractivity contribution in [2.24, 2.45) is 0 Å². The zero-order chi connectivity index (χ0) is 25.2. The van der Waals surface area contributed by atoms with Crippen LogP contribution in [-0.4, -0.2) is 54.7 Å². The highest BCUT2D eigenvalue weighted by Gasteiger charge is 2.22. The summed E-state index contributed by atoms with van der Waals surface area (Å²) in [5, 5.41) is 9.57. The Morgan fingerprint density at radius 1 is 1.11 bits per heavy atom. The summed E-state index contributed by atoms with van der Waals surface area (Å²) in [5.74, 6) is 1.32. The molecule has 0 saturated heterocycles. The van der Waals surface area contributed by atoms with E-state index < -0.39 is 6.04 Å². The number of hydrogen-bond acceptors (Lipinski definition) is 8. The van der Waals surface area contributed by atoms with Gasteiger partial charge in [0.15, 0.2) is 11.5 Å². The second-order valence-electron chi connectivity index (χ2n) is 7.44. The molecule has 0 radical (unpaired) electrons. The smallest absolute Gasteiger partial charge is 0.251 e. The fourth-order valence-corrected chi connectivity index (χ4v) is 3.69. The van der Waals surface area contributed by atoms with E-state index >= 15 is 0 Å². The fraction of sp³-hybridized carbons (Fsp3) is 0.333. The molecule has 0 spiro atoms. The first kappa shape index (κ1) is 26.0. The summed E-state index contributed by atoms with van der Waals surface area (Å²) in [6, 6.07) is 10.1. The number of nitrogens with zero attached hydrogens (tertiary/aromatic N) is 2. The molecular weight excluding hydrogens is 475 g/mol. The van der Waals surface area contributed by atoms with Crippen LogP contribution in [0, 0.1) is 5.82 Å². The molecule has 1 heterocycles. The number of nitrogens with one attached hydrogen (secondary N) is 2. The molecule has 1 aromatic heterocycles. The third kappa shape index (κ3) is 7.19. The molecule has 3 rings (SSSR count). The zero-order valence-corrected chi connectivity index (χ0v) is 20.5. The highest BCUT2D eigenvalue weighted by atomic mass is 32.2. The van der Waals surface area contributed by atoms with Crippen LogP contribution in [0.1, 0.15) is 35.1 Å². The van der Waals surface area contributed by atoms with Crippen molar-refractivity contribution in [1.29, 1.82) is 0 Å². The Morgan fingerprint density at radius 3 is 2.54 bits per heavy atom. The maximum absolute atomic E-state index is 13.2. The lowest BCUT2D eigenvalue weighted by Crippen LogP contribution is -2.33. The van der Waals surface area contributed by atoms with Gasteiger partial charge in [0.1, 0.15) is 11.9 Å². The number of ether oxygens (including phenoxy) is 2. The summed E-state index contributed by atoms with van der Waals surface area (Å²) in [5.41, 5.74) is 0.995. The van der Waals surface area contributed by atoms with Crippen LogP contribution in [-0.2, 0) is 4.79 Å². The number of hydrogen-bond donors (Lipinski definition) is 2. The van der Waals surface area contributed by atoms with Gasteiger partial charge in [-0.1, -0.05) is 5.16 Å². The predicted molar refractivity (Wildman–Crippen MR) is 130 cm³/mol. The van der Waals surface area contributed by atoms with Crippen molar-refractivity contribution in [2.75, 3.05) is 32.8 Å². The standard InChI is InChI=1S/C24H27FN4O5S/c1-32-19-9-6-16(14-20(19)33-2)23(31)26-12-10-21(30)27-18(11-13-35-3)24-28-22(29-34-24)15-4-7-17(25)8-5-15/h4-9,14,18H,10-13H2,1-3H3,(H,26,31)(H,27,30)/t18-/m1/s1. The monoisotopic (exact) mass is 502 g/mol. The molecule has 2 amide bonds. The van der Waals surface area contributed by atoms with Crippen LogP contribution in [0.5, 0.6) is 11.5 Å². The first-order valence-electron chi connectivity index (χ1n) is 10.8. The molecule has 3 aromatic rings. The Labute approximate surface area is 206 Å². The van der Waals surface area contributed by atoms with Gasteiger partial charge in [-0.15, -0.1) is 0 Å². The Kier molecular flexibility index (Phi) is 9.47. The largest absolute Gasteiger partial charge is 0.493 e. The molecule has 0 bridgehead atoms. The van der Waals surface area contributed by atoms with Crippen molar-refractivity contribution in [1.82, 2.24) is 20.8 Å². The van der Waals surface area contributed by atoms with Crippen LogP contribution in [0.3, 0.4) is 0 Å². The molecule has 2 N–H and O–H groups in total. The SMILES string of the molecule is COc1ccc(C(=O)NCCC(=O)N[C@H](CCSC)c2nc(-c3ccc(F)cc3)no2)cc1OC. The molecule has 11 heteroatoms. The van der Waals surface area contributed by atoms with Crippen molar-refractivity contribution < 1.29 is 28.0 Å². The van der Waals surface area contributed by atoms with E-state index in [1.807, 2.05) is 6.26 Å². The number of rotatable bonds is 12. The van der Waals surface area contributed by atoms with Gasteiger partial charge in [0.25, 0.3) is 5.91 Å². The van der Waals surface area contributed by atoms with Gasteiger partial charge in [0, 0.05) is 24.1 Å². The lowest BCUT2D eigenvalue weighted by molar-refractivity contribution is -0.121. The van der Waals surface area contributed by atoms with E-state index in [0.29, 0.717) is 34.9 Å². The summed E-state index contributed by atoms with van der Waals surface area (Å²) in [6.07, 6.45) is 2.60. The fourth-order valence-electron chi connectivity index (χ4n) is 3.22. The van der Waals surface area contributed by atoms with Crippen LogP contribution >= 0.6 is 11.8 Å². The molecule has 0 unspecified atom stereocenters. The van der Waals surface area contributed by atoms with Crippen molar-refractivity contribution in [3.63, 3.8) is 0 Å². The van der Waals surface area contributed by atoms with Crippen molar-refractivity contribution >= 4 is 23.6 Å². The highest BCUT2D eigenvalue weighted by Crippen LogP contribution is 2.27. The molecular formula is C24H27FN4O5S. The van der Waals surface area contributed by atoms with Crippen LogP contribution in [0.25, 0.3) is 11.4 Å². The minimum Gasteiger partial charge on any atom is -0.493 e. The molecule has 0 aliphatic rings. The summed E-state index contributed by atoms with van der Waals surface area (Å²) in [6.45, 7) is 0.138. The average molecular weight is 503 g/mol. The Balaban J connectivity index is 1.57. The molecule has 186 valence electrons. The van der Waals surface area contributed by atoms with Gasteiger partial charge in [0.2, 0.25) is 17.6 Å². The van der Waals surface area contributed by atoms with Gasteiger partial charge < -0.3 is 24.6 Å².